The number of phosphoric acid groups is 1. The lowest BCUT2D eigenvalue weighted by Gasteiger charge is -2.50. The van der Waals surface area contributed by atoms with Crippen molar-refractivity contribution in [2.75, 3.05) is 39.6 Å². The van der Waals surface area contributed by atoms with Crippen LogP contribution in [0.2, 0.25) is 0 Å². The number of aliphatic hydroxyl groups excluding tert-OH is 18. The third-order valence-electron chi connectivity index (χ3n) is 12.7. The predicted molar refractivity (Wildman–Crippen MR) is 210 cm³/mol. The third-order valence-corrected chi connectivity index (χ3v) is 12.7. The maximum atomic E-state index is 11.2. The van der Waals surface area contributed by atoms with Gasteiger partial charge < -0.3 is 163 Å². The van der Waals surface area contributed by atoms with Gasteiger partial charge in [0.05, 0.1) is 39.6 Å². The van der Waals surface area contributed by atoms with E-state index in [2.05, 4.69) is 0 Å². The Morgan fingerprint density at radius 1 is 0.239 bits per heavy atom. The van der Waals surface area contributed by atoms with Crippen molar-refractivity contribution >= 4 is 7.82 Å². The van der Waals surface area contributed by atoms with Gasteiger partial charge in [-0.15, -0.1) is 0 Å². The Balaban J connectivity index is 0.00000157. The highest BCUT2D eigenvalue weighted by Gasteiger charge is 2.58. The lowest BCUT2D eigenvalue weighted by Crippen LogP contribution is -2.69. The van der Waals surface area contributed by atoms with Gasteiger partial charge >= 0.3 is 7.82 Å². The minimum absolute atomic E-state index is 0.999. The molecule has 416 valence electrons. The van der Waals surface area contributed by atoms with Gasteiger partial charge in [-0.1, -0.05) is 0 Å². The van der Waals surface area contributed by atoms with Gasteiger partial charge in [-0.2, -0.15) is 0 Å². The third kappa shape index (κ3) is 12.9. The average molecular weight is 1070 g/mol. The van der Waals surface area contributed by atoms with Crippen LogP contribution in [-0.4, -0.2) is 330 Å². The predicted octanol–water partition coefficient (Wildman–Crippen LogP) is -14.0. The lowest BCUT2D eigenvalue weighted by atomic mass is 9.94. The van der Waals surface area contributed by atoms with Crippen LogP contribution in [0, 0.1) is 0 Å². The second kappa shape index (κ2) is 24.9. The quantitative estimate of drug-likeness (QED) is 0.110. The van der Waals surface area contributed by atoms with Crippen molar-refractivity contribution in [1.82, 2.24) is 0 Å². The van der Waals surface area contributed by atoms with Gasteiger partial charge in [0.2, 0.25) is 0 Å². The van der Waals surface area contributed by atoms with E-state index in [9.17, 15) is 91.9 Å². The standard InChI is InChI=1S/C36H60O30.H3O4P/c37-1-7-25-13(43)19(49)31(55-7)62-26-8(2-38)57-33(21(51)15(26)45)64-28-10(4-40)59-35(23(53)17(28)47)66-30-12(6-42)60-36(24(54)18(30)48)65-29-11(5-41)58-34(22(52)16(29)46)63-27-9(3-39)56-32(61-25)20(50)14(27)44;1-5(2,3)4/h7-54H,1-6H2;(H3,1,2,3,4)/t7-,8-,9-,10-,11-,12-,13-,14-,15-,16-,17-,18-,19-,20-,21-,22-,23-,24-,25-,26-,27-,28-,29-,30-,31-,32-,33-,34-,35-,36-;/m1./s1. The zero-order chi connectivity index (χ0) is 52.5. The first kappa shape index (κ1) is 59.2. The topological polar surface area (TPSA) is 553 Å². The van der Waals surface area contributed by atoms with E-state index in [1.807, 2.05) is 0 Å². The highest BCUT2D eigenvalue weighted by atomic mass is 31.2. The molecule has 0 spiro atoms. The molecule has 12 bridgehead atoms. The first-order valence-electron chi connectivity index (χ1n) is 21.9. The molecule has 0 aromatic heterocycles. The van der Waals surface area contributed by atoms with Gasteiger partial charge in [0.1, 0.15) is 146 Å². The molecule has 0 amide bonds. The summed E-state index contributed by atoms with van der Waals surface area (Å²) < 4.78 is 76.7. The number of hydrogen-bond donors (Lipinski definition) is 21. The average Bonchev–Trinajstić information content (AvgIpc) is 3.33. The maximum absolute atomic E-state index is 11.2. The van der Waals surface area contributed by atoms with Crippen LogP contribution in [0.3, 0.4) is 0 Å². The Kier molecular flexibility index (Phi) is 20.8. The van der Waals surface area contributed by atoms with E-state index in [1.54, 1.807) is 0 Å². The largest absolute Gasteiger partial charge is 0.466 e. The molecule has 0 saturated carbocycles. The van der Waals surface area contributed by atoms with Gasteiger partial charge in [-0.05, 0) is 0 Å². The van der Waals surface area contributed by atoms with Gasteiger partial charge in [0, 0.05) is 0 Å². The van der Waals surface area contributed by atoms with E-state index < -0.39 is 232 Å². The second-order valence-corrected chi connectivity index (χ2v) is 18.4. The highest BCUT2D eigenvalue weighted by molar-refractivity contribution is 7.45. The molecule has 22 heterocycles. The van der Waals surface area contributed by atoms with E-state index in [0.717, 1.165) is 0 Å². The molecule has 30 atom stereocenters. The molecule has 22 saturated heterocycles. The lowest BCUT2D eigenvalue weighted by molar-refractivity contribution is -0.404. The molecule has 22 rings (SSSR count). The van der Waals surface area contributed by atoms with Crippen LogP contribution in [0.4, 0.5) is 0 Å². The van der Waals surface area contributed by atoms with Crippen LogP contribution in [0.5, 0.6) is 0 Å². The van der Waals surface area contributed by atoms with Crippen molar-refractivity contribution in [3.05, 3.63) is 0 Å². The molecular formula is C36H63O34P. The molecule has 22 aliphatic rings. The molecule has 0 aliphatic carbocycles. The number of hydrogen-bond acceptors (Lipinski definition) is 31. The fourth-order valence-corrected chi connectivity index (χ4v) is 8.93. The first-order valence-corrected chi connectivity index (χ1v) is 23.4. The summed E-state index contributed by atoms with van der Waals surface area (Å²) >= 11 is 0. The normalized spacial score (nSPS) is 52.3. The molecule has 0 radical (unpaired) electrons. The summed E-state index contributed by atoms with van der Waals surface area (Å²) in [6.45, 7) is -5.99. The minimum Gasteiger partial charge on any atom is -0.394 e. The smallest absolute Gasteiger partial charge is 0.394 e. The summed E-state index contributed by atoms with van der Waals surface area (Å²) in [5, 5.41) is 196. The van der Waals surface area contributed by atoms with Crippen LogP contribution >= 0.6 is 7.82 Å². The van der Waals surface area contributed by atoms with Gasteiger partial charge in [-0.3, -0.25) is 0 Å². The Labute approximate surface area is 399 Å². The molecule has 0 unspecified atom stereocenters. The molecule has 21 N–H and O–H groups in total. The molecule has 22 fully saturated rings. The van der Waals surface area contributed by atoms with Crippen LogP contribution < -0.4 is 0 Å². The Bertz CT molecular complexity index is 1390. The second-order valence-electron chi connectivity index (χ2n) is 17.4. The molecular weight excluding hydrogens is 1010 g/mol. The first-order chi connectivity index (χ1) is 33.4. The molecule has 0 aromatic rings. The SMILES string of the molecule is O=P(O)(O)O.OC[C@H]1O[C@@H]2O[C@H]3[C@H](O)[C@@H](O)[C@@H](O[C@H]4[C@H](O)[C@@H](O)[C@@H](O[C@H]5[C@H](O)[C@@H](O)[C@@H](O[C@H]6[C@H](O)[C@@H](O)[C@@H](O[C@H]7[C@H](O)[C@@H](O)[C@@H](O[C@H]1[C@H](O)[C@H]2O)O[C@@H]7CO)O[C@@H]6CO)O[C@@H]5CO)O[C@@H]4CO)O[C@@H]3CO. The van der Waals surface area contributed by atoms with Crippen molar-refractivity contribution in [3.8, 4) is 0 Å². The number of aliphatic hydroxyl groups is 18. The minimum atomic E-state index is -4.64. The van der Waals surface area contributed by atoms with Gasteiger partial charge in [0.15, 0.2) is 37.7 Å². The van der Waals surface area contributed by atoms with Crippen molar-refractivity contribution in [2.24, 2.45) is 0 Å². The summed E-state index contributed by atoms with van der Waals surface area (Å²) in [5.74, 6) is 0. The monoisotopic (exact) mass is 1070 g/mol. The Hall–Kier alpha value is -1.09. The molecule has 0 aromatic carbocycles. The van der Waals surface area contributed by atoms with Crippen LogP contribution in [0.15, 0.2) is 0 Å². The van der Waals surface area contributed by atoms with Crippen molar-refractivity contribution < 1.29 is 168 Å². The van der Waals surface area contributed by atoms with E-state index >= 15 is 0 Å². The van der Waals surface area contributed by atoms with E-state index in [1.165, 1.54) is 0 Å². The molecule has 35 heteroatoms. The summed E-state index contributed by atoms with van der Waals surface area (Å²) in [6.07, 6.45) is -58.5. The van der Waals surface area contributed by atoms with Gasteiger partial charge in [0.25, 0.3) is 0 Å². The van der Waals surface area contributed by atoms with Crippen molar-refractivity contribution in [2.45, 2.75) is 184 Å². The van der Waals surface area contributed by atoms with E-state index in [-0.39, 0.29) is 0 Å². The van der Waals surface area contributed by atoms with E-state index in [4.69, 9.17) is 76.1 Å². The Morgan fingerprint density at radius 2 is 0.352 bits per heavy atom. The summed E-state index contributed by atoms with van der Waals surface area (Å²) in [5.41, 5.74) is 0. The van der Waals surface area contributed by atoms with Crippen LogP contribution in [-0.2, 0) is 61.4 Å². The highest BCUT2D eigenvalue weighted by Crippen LogP contribution is 2.38. The van der Waals surface area contributed by atoms with Gasteiger partial charge in [-0.25, -0.2) is 4.57 Å². The van der Waals surface area contributed by atoms with Crippen molar-refractivity contribution in [3.63, 3.8) is 0 Å². The van der Waals surface area contributed by atoms with Crippen LogP contribution in [0.1, 0.15) is 0 Å². The summed E-state index contributed by atoms with van der Waals surface area (Å²) in [7, 11) is -4.64. The zero-order valence-electron chi connectivity index (χ0n) is 36.7. The maximum Gasteiger partial charge on any atom is 0.466 e. The molecule has 71 heavy (non-hydrogen) atoms. The van der Waals surface area contributed by atoms with Crippen LogP contribution in [0.25, 0.3) is 0 Å². The summed E-state index contributed by atoms with van der Waals surface area (Å²) in [4.78, 5) is 21.6. The fraction of sp³-hybridized carbons (Fsp3) is 1.00. The van der Waals surface area contributed by atoms with E-state index in [0.29, 0.717) is 0 Å². The number of ether oxygens (including phenoxy) is 12. The summed E-state index contributed by atoms with van der Waals surface area (Å²) in [6, 6.07) is 0. The number of rotatable bonds is 6. The molecule has 22 aliphatic heterocycles. The molecule has 34 nitrogen and oxygen atoms in total. The Morgan fingerprint density at radius 3 is 0.451 bits per heavy atom. The fourth-order valence-electron chi connectivity index (χ4n) is 8.93. The van der Waals surface area contributed by atoms with Crippen molar-refractivity contribution in [1.29, 1.82) is 0 Å². The zero-order valence-corrected chi connectivity index (χ0v) is 37.6.